The first-order valence-electron chi connectivity index (χ1n) is 6.42. The third kappa shape index (κ3) is 3.68. The van der Waals surface area contributed by atoms with E-state index in [4.69, 9.17) is 14.2 Å². The van der Waals surface area contributed by atoms with Gasteiger partial charge < -0.3 is 19.5 Å². The molecule has 0 spiro atoms. The maximum absolute atomic E-state index is 11.4. The number of nitrogens with one attached hydrogen (secondary N) is 1. The summed E-state index contributed by atoms with van der Waals surface area (Å²) in [5, 5.41) is 4.43. The fourth-order valence-electron chi connectivity index (χ4n) is 2.19. The van der Waals surface area contributed by atoms with Crippen molar-refractivity contribution in [1.82, 2.24) is 5.32 Å². The lowest BCUT2D eigenvalue weighted by Gasteiger charge is -2.15. The third-order valence-corrected chi connectivity index (χ3v) is 4.62. The summed E-state index contributed by atoms with van der Waals surface area (Å²) in [7, 11) is 1.61. The van der Waals surface area contributed by atoms with Crippen LogP contribution in [0.3, 0.4) is 0 Å². The van der Waals surface area contributed by atoms with Crippen LogP contribution in [0.25, 0.3) is 0 Å². The first-order chi connectivity index (χ1) is 9.99. The van der Waals surface area contributed by atoms with Crippen LogP contribution in [-0.4, -0.2) is 41.5 Å². The van der Waals surface area contributed by atoms with E-state index in [2.05, 4.69) is 5.32 Å². The molecule has 1 atom stereocenters. The van der Waals surface area contributed by atoms with Crippen molar-refractivity contribution in [3.05, 3.63) is 29.2 Å². The monoisotopic (exact) mass is 313 g/mol. The Morgan fingerprint density at radius 3 is 2.19 bits per heavy atom. The average molecular weight is 313 g/mol. The Hall–Kier alpha value is -1.73. The molecule has 6 nitrogen and oxygen atoms in total. The fourth-order valence-corrected chi connectivity index (χ4v) is 3.46. The van der Waals surface area contributed by atoms with Gasteiger partial charge in [0.1, 0.15) is 0 Å². The highest BCUT2D eigenvalue weighted by molar-refractivity contribution is 7.94. The van der Waals surface area contributed by atoms with E-state index < -0.39 is 9.84 Å². The fraction of sp³-hybridized carbons (Fsp3) is 0.429. The van der Waals surface area contributed by atoms with Crippen molar-refractivity contribution in [2.45, 2.75) is 12.6 Å². The second-order valence-corrected chi connectivity index (χ2v) is 6.61. The van der Waals surface area contributed by atoms with Crippen LogP contribution in [0.4, 0.5) is 0 Å². The molecule has 21 heavy (non-hydrogen) atoms. The van der Waals surface area contributed by atoms with Crippen molar-refractivity contribution >= 4 is 9.84 Å². The predicted octanol–water partition coefficient (Wildman–Crippen LogP) is 1.11. The van der Waals surface area contributed by atoms with Crippen LogP contribution in [0.15, 0.2) is 23.6 Å². The first-order valence-corrected chi connectivity index (χ1v) is 8.14. The zero-order chi connectivity index (χ0) is 15.5. The van der Waals surface area contributed by atoms with Crippen molar-refractivity contribution in [2.75, 3.05) is 27.1 Å². The van der Waals surface area contributed by atoms with E-state index >= 15 is 0 Å². The highest BCUT2D eigenvalue weighted by Crippen LogP contribution is 2.38. The minimum Gasteiger partial charge on any atom is -0.493 e. The largest absolute Gasteiger partial charge is 0.493 e. The van der Waals surface area contributed by atoms with Gasteiger partial charge in [0, 0.05) is 18.0 Å². The van der Waals surface area contributed by atoms with Crippen LogP contribution in [0.1, 0.15) is 5.56 Å². The lowest BCUT2D eigenvalue weighted by Crippen LogP contribution is -2.29. The summed E-state index contributed by atoms with van der Waals surface area (Å²) in [6.45, 7) is 0.501. The molecule has 0 aliphatic carbocycles. The molecule has 0 aromatic heterocycles. The lowest BCUT2D eigenvalue weighted by molar-refractivity contribution is 0.323. The highest BCUT2D eigenvalue weighted by Gasteiger charge is 2.21. The molecule has 0 saturated heterocycles. The van der Waals surface area contributed by atoms with Crippen molar-refractivity contribution in [2.24, 2.45) is 0 Å². The number of rotatable bonds is 6. The molecule has 0 fully saturated rings. The van der Waals surface area contributed by atoms with Gasteiger partial charge in [0.25, 0.3) is 0 Å². The Bertz CT molecular complexity index is 614. The van der Waals surface area contributed by atoms with E-state index in [1.165, 1.54) is 5.41 Å². The average Bonchev–Trinajstić information content (AvgIpc) is 2.83. The maximum atomic E-state index is 11.4. The minimum absolute atomic E-state index is 0.0947. The van der Waals surface area contributed by atoms with E-state index in [1.54, 1.807) is 27.4 Å². The van der Waals surface area contributed by atoms with Gasteiger partial charge >= 0.3 is 0 Å². The molecule has 1 heterocycles. The van der Waals surface area contributed by atoms with Crippen molar-refractivity contribution in [3.63, 3.8) is 0 Å². The lowest BCUT2D eigenvalue weighted by atomic mass is 10.1. The smallest absolute Gasteiger partial charge is 0.203 e. The van der Waals surface area contributed by atoms with E-state index in [0.29, 0.717) is 23.8 Å². The normalized spacial score (nSPS) is 19.5. The van der Waals surface area contributed by atoms with Gasteiger partial charge in [0.05, 0.1) is 27.1 Å². The first kappa shape index (κ1) is 15.7. The SMILES string of the molecule is COc1cc(CNC2C=CS(=O)(=O)C2)cc(OC)c1OC. The van der Waals surface area contributed by atoms with Gasteiger partial charge in [0.15, 0.2) is 21.3 Å². The van der Waals surface area contributed by atoms with E-state index in [0.717, 1.165) is 5.56 Å². The number of hydrogen-bond donors (Lipinski definition) is 1. The van der Waals surface area contributed by atoms with Crippen LogP contribution in [-0.2, 0) is 16.4 Å². The molecule has 7 heteroatoms. The Morgan fingerprint density at radius 1 is 1.14 bits per heavy atom. The van der Waals surface area contributed by atoms with E-state index in [1.807, 2.05) is 12.1 Å². The van der Waals surface area contributed by atoms with Gasteiger partial charge in [-0.1, -0.05) is 6.08 Å². The highest BCUT2D eigenvalue weighted by atomic mass is 32.2. The van der Waals surface area contributed by atoms with Gasteiger partial charge in [0.2, 0.25) is 5.75 Å². The van der Waals surface area contributed by atoms with Gasteiger partial charge in [-0.05, 0) is 17.7 Å². The Labute approximate surface area is 124 Å². The molecule has 1 N–H and O–H groups in total. The van der Waals surface area contributed by atoms with Gasteiger partial charge in [-0.2, -0.15) is 0 Å². The molecular formula is C14H19NO5S. The third-order valence-electron chi connectivity index (χ3n) is 3.22. The number of ether oxygens (including phenoxy) is 3. The number of benzene rings is 1. The van der Waals surface area contributed by atoms with Crippen molar-refractivity contribution in [1.29, 1.82) is 0 Å². The topological polar surface area (TPSA) is 73.9 Å². The Kier molecular flexibility index (Phi) is 4.74. The van der Waals surface area contributed by atoms with Gasteiger partial charge in [-0.25, -0.2) is 8.42 Å². The molecular weight excluding hydrogens is 294 g/mol. The van der Waals surface area contributed by atoms with Crippen LogP contribution in [0.5, 0.6) is 17.2 Å². The summed E-state index contributed by atoms with van der Waals surface area (Å²) < 4.78 is 38.5. The molecule has 116 valence electrons. The molecule has 1 unspecified atom stereocenters. The second-order valence-electron chi connectivity index (χ2n) is 4.68. The summed E-state index contributed by atoms with van der Waals surface area (Å²) in [6.07, 6.45) is 1.66. The van der Waals surface area contributed by atoms with Crippen LogP contribution >= 0.6 is 0 Å². The molecule has 0 amide bonds. The summed E-state index contributed by atoms with van der Waals surface area (Å²) in [5.41, 5.74) is 0.919. The van der Waals surface area contributed by atoms with Crippen molar-refractivity contribution < 1.29 is 22.6 Å². The van der Waals surface area contributed by atoms with E-state index in [9.17, 15) is 8.42 Å². The number of hydrogen-bond acceptors (Lipinski definition) is 6. The zero-order valence-corrected chi connectivity index (χ0v) is 13.1. The number of sulfone groups is 1. The molecule has 1 aromatic carbocycles. The minimum atomic E-state index is -3.05. The van der Waals surface area contributed by atoms with Crippen molar-refractivity contribution in [3.8, 4) is 17.2 Å². The zero-order valence-electron chi connectivity index (χ0n) is 12.3. The Morgan fingerprint density at radius 2 is 1.76 bits per heavy atom. The van der Waals surface area contributed by atoms with E-state index in [-0.39, 0.29) is 11.8 Å². The molecule has 1 aliphatic rings. The molecule has 1 aromatic rings. The summed E-state index contributed by atoms with van der Waals surface area (Å²) in [5.74, 6) is 1.77. The summed E-state index contributed by atoms with van der Waals surface area (Å²) in [6, 6.07) is 3.50. The molecule has 1 aliphatic heterocycles. The molecule has 2 rings (SSSR count). The molecule has 0 radical (unpaired) electrons. The van der Waals surface area contributed by atoms with Crippen LogP contribution in [0, 0.1) is 0 Å². The number of methoxy groups -OCH3 is 3. The second kappa shape index (κ2) is 6.36. The van der Waals surface area contributed by atoms with Gasteiger partial charge in [-0.3, -0.25) is 0 Å². The molecule has 0 bridgehead atoms. The quantitative estimate of drug-likeness (QED) is 0.848. The standard InChI is InChI=1S/C14H19NO5S/c1-18-12-6-10(7-13(19-2)14(12)20-3)8-15-11-4-5-21(16,17)9-11/h4-7,11,15H,8-9H2,1-3H3. The molecule has 0 saturated carbocycles. The Balaban J connectivity index is 2.12. The predicted molar refractivity (Wildman–Crippen MR) is 79.7 cm³/mol. The summed E-state index contributed by atoms with van der Waals surface area (Å²) >= 11 is 0. The summed E-state index contributed by atoms with van der Waals surface area (Å²) in [4.78, 5) is 0. The van der Waals surface area contributed by atoms with Crippen LogP contribution < -0.4 is 19.5 Å². The van der Waals surface area contributed by atoms with Crippen LogP contribution in [0.2, 0.25) is 0 Å². The maximum Gasteiger partial charge on any atom is 0.203 e. The van der Waals surface area contributed by atoms with Gasteiger partial charge in [-0.15, -0.1) is 0 Å².